The average Bonchev–Trinajstić information content (AvgIpc) is 2.66. The Morgan fingerprint density at radius 1 is 1.30 bits per heavy atom. The second kappa shape index (κ2) is 13.3. The van der Waals surface area contributed by atoms with Gasteiger partial charge in [0.1, 0.15) is 0 Å². The molecule has 5 nitrogen and oxygen atoms in total. The number of hydrogen-bond acceptors (Lipinski definition) is 3. The molecule has 1 fully saturated rings. The summed E-state index contributed by atoms with van der Waals surface area (Å²) in [5, 5.41) is 3.48. The second-order valence-corrected chi connectivity index (χ2v) is 7.35. The van der Waals surface area contributed by atoms with E-state index < -0.39 is 0 Å². The van der Waals surface area contributed by atoms with Gasteiger partial charge in [-0.3, -0.25) is 4.99 Å². The van der Waals surface area contributed by atoms with Crippen molar-refractivity contribution in [1.82, 2.24) is 10.2 Å². The molecule has 1 aromatic rings. The van der Waals surface area contributed by atoms with Crippen LogP contribution in [0.5, 0.6) is 0 Å². The lowest BCUT2D eigenvalue weighted by Crippen LogP contribution is -2.39. The summed E-state index contributed by atoms with van der Waals surface area (Å²) in [4.78, 5) is 6.65. The number of nitrogens with one attached hydrogen (secondary N) is 1. The number of rotatable bonds is 8. The van der Waals surface area contributed by atoms with Crippen molar-refractivity contribution in [3.05, 3.63) is 35.4 Å². The van der Waals surface area contributed by atoms with Gasteiger partial charge in [-0.2, -0.15) is 0 Å². The SMILES string of the molecule is CN=C(NCc1cccc(COC(C)C)c1)N(C)CCC1CCOCC1.I. The molecule has 2 rings (SSSR count). The summed E-state index contributed by atoms with van der Waals surface area (Å²) in [5.74, 6) is 1.72. The summed E-state index contributed by atoms with van der Waals surface area (Å²) >= 11 is 0. The second-order valence-electron chi connectivity index (χ2n) is 7.35. The molecule has 1 aromatic carbocycles. The van der Waals surface area contributed by atoms with Crippen molar-refractivity contribution in [2.24, 2.45) is 10.9 Å². The summed E-state index contributed by atoms with van der Waals surface area (Å²) in [5.41, 5.74) is 2.45. The van der Waals surface area contributed by atoms with Crippen LogP contribution in [0.25, 0.3) is 0 Å². The fourth-order valence-corrected chi connectivity index (χ4v) is 3.18. The lowest BCUT2D eigenvalue weighted by Gasteiger charge is -2.27. The molecule has 0 radical (unpaired) electrons. The third-order valence-corrected chi connectivity index (χ3v) is 4.81. The summed E-state index contributed by atoms with van der Waals surface area (Å²) < 4.78 is 11.1. The minimum Gasteiger partial charge on any atom is -0.381 e. The highest BCUT2D eigenvalue weighted by Crippen LogP contribution is 2.18. The summed E-state index contributed by atoms with van der Waals surface area (Å²) in [6, 6.07) is 8.54. The van der Waals surface area contributed by atoms with E-state index in [1.807, 2.05) is 7.05 Å². The van der Waals surface area contributed by atoms with Gasteiger partial charge in [0, 0.05) is 40.4 Å². The van der Waals surface area contributed by atoms with Crippen molar-refractivity contribution >= 4 is 29.9 Å². The number of ether oxygens (including phenoxy) is 2. The predicted octanol–water partition coefficient (Wildman–Crippen LogP) is 4.05. The van der Waals surface area contributed by atoms with Crippen LogP contribution in [0.15, 0.2) is 29.3 Å². The van der Waals surface area contributed by atoms with Crippen LogP contribution in [-0.4, -0.2) is 50.8 Å². The van der Waals surface area contributed by atoms with Crippen LogP contribution < -0.4 is 5.32 Å². The highest BCUT2D eigenvalue weighted by atomic mass is 127. The highest BCUT2D eigenvalue weighted by Gasteiger charge is 2.15. The van der Waals surface area contributed by atoms with Gasteiger partial charge in [0.15, 0.2) is 5.96 Å². The molecule has 0 aliphatic carbocycles. The smallest absolute Gasteiger partial charge is 0.193 e. The molecule has 0 unspecified atom stereocenters. The van der Waals surface area contributed by atoms with Crippen molar-refractivity contribution in [2.75, 3.05) is 33.9 Å². The van der Waals surface area contributed by atoms with E-state index in [9.17, 15) is 0 Å². The fraction of sp³-hybridized carbons (Fsp3) is 0.667. The first-order chi connectivity index (χ1) is 12.6. The van der Waals surface area contributed by atoms with Gasteiger partial charge in [0.2, 0.25) is 0 Å². The van der Waals surface area contributed by atoms with E-state index in [-0.39, 0.29) is 30.1 Å². The molecule has 154 valence electrons. The van der Waals surface area contributed by atoms with Crippen LogP contribution in [0.1, 0.15) is 44.2 Å². The van der Waals surface area contributed by atoms with Crippen LogP contribution >= 0.6 is 24.0 Å². The van der Waals surface area contributed by atoms with Gasteiger partial charge in [-0.25, -0.2) is 0 Å². The molecule has 27 heavy (non-hydrogen) atoms. The third kappa shape index (κ3) is 9.25. The molecular formula is C21H36IN3O2. The zero-order valence-corrected chi connectivity index (χ0v) is 19.6. The van der Waals surface area contributed by atoms with Gasteiger partial charge < -0.3 is 19.7 Å². The lowest BCUT2D eigenvalue weighted by atomic mass is 9.96. The van der Waals surface area contributed by atoms with Crippen LogP contribution in [0.2, 0.25) is 0 Å². The molecule has 1 N–H and O–H groups in total. The van der Waals surface area contributed by atoms with Crippen molar-refractivity contribution in [1.29, 1.82) is 0 Å². The maximum Gasteiger partial charge on any atom is 0.193 e. The Kier molecular flexibility index (Phi) is 11.9. The molecule has 0 aromatic heterocycles. The number of guanidine groups is 1. The van der Waals surface area contributed by atoms with Gasteiger partial charge in [0.05, 0.1) is 12.7 Å². The van der Waals surface area contributed by atoms with Crippen LogP contribution in [-0.2, 0) is 22.6 Å². The van der Waals surface area contributed by atoms with Gasteiger partial charge in [-0.15, -0.1) is 24.0 Å². The Bertz CT molecular complexity index is 560. The Hall–Kier alpha value is -0.860. The highest BCUT2D eigenvalue weighted by molar-refractivity contribution is 14.0. The molecule has 1 heterocycles. The van der Waals surface area contributed by atoms with E-state index in [2.05, 4.69) is 60.4 Å². The third-order valence-electron chi connectivity index (χ3n) is 4.81. The van der Waals surface area contributed by atoms with Gasteiger partial charge in [0.25, 0.3) is 0 Å². The van der Waals surface area contributed by atoms with Gasteiger partial charge in [-0.1, -0.05) is 24.3 Å². The number of benzene rings is 1. The summed E-state index contributed by atoms with van der Waals surface area (Å²) in [6.45, 7) is 8.40. The number of halogens is 1. The lowest BCUT2D eigenvalue weighted by molar-refractivity contribution is 0.0625. The quantitative estimate of drug-likeness (QED) is 0.340. The Balaban J connectivity index is 0.00000364. The molecule has 1 saturated heterocycles. The van der Waals surface area contributed by atoms with Crippen molar-refractivity contribution in [3.8, 4) is 0 Å². The molecule has 0 saturated carbocycles. The molecule has 6 heteroatoms. The van der Waals surface area contributed by atoms with E-state index in [0.29, 0.717) is 6.61 Å². The molecule has 0 spiro atoms. The fourth-order valence-electron chi connectivity index (χ4n) is 3.18. The molecular weight excluding hydrogens is 453 g/mol. The Labute approximate surface area is 181 Å². The number of aliphatic imine (C=N–C) groups is 1. The molecule has 0 amide bonds. The topological polar surface area (TPSA) is 46.1 Å². The molecule has 0 atom stereocenters. The summed E-state index contributed by atoms with van der Waals surface area (Å²) in [7, 11) is 3.96. The van der Waals surface area contributed by atoms with Crippen LogP contribution in [0.3, 0.4) is 0 Å². The standard InChI is InChI=1S/C21H35N3O2.HI/c1-17(2)26-16-20-7-5-6-19(14-20)15-23-21(22-3)24(4)11-8-18-9-12-25-13-10-18;/h5-7,14,17-18H,8-13,15-16H2,1-4H3,(H,22,23);1H. The maximum atomic E-state index is 5.70. The monoisotopic (exact) mass is 489 g/mol. The van der Waals surface area contributed by atoms with E-state index in [1.54, 1.807) is 0 Å². The van der Waals surface area contributed by atoms with Crippen molar-refractivity contribution < 1.29 is 9.47 Å². The average molecular weight is 489 g/mol. The van der Waals surface area contributed by atoms with Crippen molar-refractivity contribution in [2.45, 2.75) is 52.4 Å². The van der Waals surface area contributed by atoms with Crippen LogP contribution in [0.4, 0.5) is 0 Å². The number of hydrogen-bond donors (Lipinski definition) is 1. The Morgan fingerprint density at radius 2 is 2.00 bits per heavy atom. The predicted molar refractivity (Wildman–Crippen MR) is 123 cm³/mol. The molecule has 1 aliphatic rings. The van der Waals surface area contributed by atoms with E-state index in [1.165, 1.54) is 30.4 Å². The zero-order valence-electron chi connectivity index (χ0n) is 17.2. The molecule has 0 bridgehead atoms. The van der Waals surface area contributed by atoms with Crippen molar-refractivity contribution in [3.63, 3.8) is 0 Å². The van der Waals surface area contributed by atoms with Gasteiger partial charge in [-0.05, 0) is 50.2 Å². The first-order valence-corrected chi connectivity index (χ1v) is 9.77. The first kappa shape index (κ1) is 24.2. The van der Waals surface area contributed by atoms with E-state index in [0.717, 1.165) is 38.2 Å². The first-order valence-electron chi connectivity index (χ1n) is 9.77. The zero-order chi connectivity index (χ0) is 18.8. The minimum atomic E-state index is 0. The minimum absolute atomic E-state index is 0. The molecule has 1 aliphatic heterocycles. The van der Waals surface area contributed by atoms with E-state index >= 15 is 0 Å². The Morgan fingerprint density at radius 3 is 2.67 bits per heavy atom. The summed E-state index contributed by atoms with van der Waals surface area (Å²) in [6.07, 6.45) is 3.82. The maximum absolute atomic E-state index is 5.70. The normalized spacial score (nSPS) is 15.5. The number of nitrogens with zero attached hydrogens (tertiary/aromatic N) is 2. The largest absolute Gasteiger partial charge is 0.381 e. The van der Waals surface area contributed by atoms with E-state index in [4.69, 9.17) is 9.47 Å². The van der Waals surface area contributed by atoms with Crippen LogP contribution in [0, 0.1) is 5.92 Å². The van der Waals surface area contributed by atoms with Gasteiger partial charge >= 0.3 is 0 Å².